The molecule has 42 heavy (non-hydrogen) atoms. The third-order valence-electron chi connectivity index (χ3n) is 7.42. The molecule has 0 saturated carbocycles. The summed E-state index contributed by atoms with van der Waals surface area (Å²) < 4.78 is 10.1. The van der Waals surface area contributed by atoms with E-state index in [1.165, 1.54) is 161 Å². The molecule has 0 spiro atoms. The first-order valence-corrected chi connectivity index (χ1v) is 18.0. The van der Waals surface area contributed by atoms with Crippen LogP contribution in [0.4, 0.5) is 0 Å². The molecule has 0 aliphatic heterocycles. The number of methoxy groups -OCH3 is 1. The Labute approximate surface area is 262 Å². The number of aliphatic hydroxyl groups excluding tert-OH is 2. The Kier molecular flexibility index (Phi) is 51.4. The second-order valence-corrected chi connectivity index (χ2v) is 11.8. The molecule has 0 aromatic heterocycles. The number of carbonyl (C=O) groups is 1. The highest BCUT2D eigenvalue weighted by Crippen LogP contribution is 2.14. The molecule has 6 nitrogen and oxygen atoms in total. The van der Waals surface area contributed by atoms with Crippen molar-refractivity contribution in [1.82, 2.24) is 0 Å². The standard InChI is InChI=1S/C32H64O3.C2H6O2.C2H6O/c1-2-3-4-5-6-7-8-9-12-15-18-21-24-27-30-35-31-28-25-22-19-16-13-10-11-14-17-20-23-26-29-32(33)34;3-1-2-4;1-3-2/h2-31H2,1H3,(H,33,34);3-4H,1-2H2;1-2H3. The van der Waals surface area contributed by atoms with Gasteiger partial charge in [-0.2, -0.15) is 0 Å². The zero-order valence-electron chi connectivity index (χ0n) is 28.7. The minimum atomic E-state index is -0.655. The van der Waals surface area contributed by atoms with E-state index in [1.807, 2.05) is 0 Å². The summed E-state index contributed by atoms with van der Waals surface area (Å²) >= 11 is 0. The van der Waals surface area contributed by atoms with Crippen LogP contribution in [0.25, 0.3) is 0 Å². The van der Waals surface area contributed by atoms with Crippen LogP contribution in [-0.2, 0) is 14.3 Å². The molecule has 0 saturated heterocycles. The van der Waals surface area contributed by atoms with Crippen molar-refractivity contribution in [3.8, 4) is 0 Å². The van der Waals surface area contributed by atoms with Crippen LogP contribution in [0, 0.1) is 0 Å². The van der Waals surface area contributed by atoms with Crippen molar-refractivity contribution in [2.45, 2.75) is 187 Å². The van der Waals surface area contributed by atoms with E-state index >= 15 is 0 Å². The number of aliphatic carboxylic acids is 1. The molecule has 0 amide bonds. The van der Waals surface area contributed by atoms with Gasteiger partial charge in [0.15, 0.2) is 0 Å². The predicted octanol–water partition coefficient (Wildman–Crippen LogP) is 10.3. The van der Waals surface area contributed by atoms with E-state index in [9.17, 15) is 4.79 Å². The van der Waals surface area contributed by atoms with Crippen LogP contribution in [0.3, 0.4) is 0 Å². The molecular weight excluding hydrogens is 528 g/mol. The maximum atomic E-state index is 10.5. The number of rotatable bonds is 32. The van der Waals surface area contributed by atoms with Crippen LogP contribution in [-0.4, -0.2) is 61.9 Å². The molecule has 0 aliphatic carbocycles. The lowest BCUT2D eigenvalue weighted by Crippen LogP contribution is -1.97. The Balaban J connectivity index is -0.00000195. The highest BCUT2D eigenvalue weighted by atomic mass is 16.5. The first kappa shape index (κ1) is 45.7. The largest absolute Gasteiger partial charge is 0.481 e. The third kappa shape index (κ3) is 55.3. The monoisotopic (exact) mass is 605 g/mol. The Bertz CT molecular complexity index is 445. The third-order valence-corrected chi connectivity index (χ3v) is 7.42. The second kappa shape index (κ2) is 47.2. The molecule has 0 aliphatic rings. The average molecular weight is 605 g/mol. The van der Waals surface area contributed by atoms with Gasteiger partial charge in [-0.25, -0.2) is 0 Å². The van der Waals surface area contributed by atoms with Crippen LogP contribution in [0.2, 0.25) is 0 Å². The molecule has 0 atom stereocenters. The first-order chi connectivity index (χ1) is 20.6. The molecule has 3 N–H and O–H groups in total. The lowest BCUT2D eigenvalue weighted by atomic mass is 10.0. The van der Waals surface area contributed by atoms with Crippen molar-refractivity contribution >= 4 is 5.97 Å². The summed E-state index contributed by atoms with van der Waals surface area (Å²) in [5.74, 6) is -0.655. The van der Waals surface area contributed by atoms with Crippen molar-refractivity contribution in [1.29, 1.82) is 0 Å². The number of hydrogen-bond acceptors (Lipinski definition) is 5. The smallest absolute Gasteiger partial charge is 0.303 e. The van der Waals surface area contributed by atoms with Crippen LogP contribution >= 0.6 is 0 Å². The molecule has 0 rings (SSSR count). The summed E-state index contributed by atoms with van der Waals surface area (Å²) in [5.41, 5.74) is 0. The first-order valence-electron chi connectivity index (χ1n) is 18.0. The molecule has 6 heteroatoms. The van der Waals surface area contributed by atoms with Crippen molar-refractivity contribution < 1.29 is 29.6 Å². The Morgan fingerprint density at radius 2 is 0.690 bits per heavy atom. The van der Waals surface area contributed by atoms with Gasteiger partial charge in [0.1, 0.15) is 0 Å². The Morgan fingerprint density at radius 3 is 0.929 bits per heavy atom. The van der Waals surface area contributed by atoms with Gasteiger partial charge in [0.05, 0.1) is 13.2 Å². The van der Waals surface area contributed by atoms with Gasteiger partial charge in [-0.15, -0.1) is 0 Å². The van der Waals surface area contributed by atoms with E-state index in [2.05, 4.69) is 11.7 Å². The molecule has 0 unspecified atom stereocenters. The van der Waals surface area contributed by atoms with E-state index in [-0.39, 0.29) is 13.2 Å². The van der Waals surface area contributed by atoms with E-state index in [4.69, 9.17) is 20.1 Å². The van der Waals surface area contributed by atoms with Crippen molar-refractivity contribution in [3.63, 3.8) is 0 Å². The molecule has 256 valence electrons. The minimum absolute atomic E-state index is 0.125. The SMILES string of the molecule is CCCCCCCCCCCCCCCCOCCCCCCCCCCCCCCCC(=O)O.COC.OCCO. The molecule has 0 fully saturated rings. The van der Waals surface area contributed by atoms with E-state index in [1.54, 1.807) is 14.2 Å². The summed E-state index contributed by atoms with van der Waals surface area (Å²) in [6.45, 7) is 3.98. The van der Waals surface area contributed by atoms with Gasteiger partial charge in [-0.05, 0) is 19.3 Å². The predicted molar refractivity (Wildman–Crippen MR) is 181 cm³/mol. The summed E-state index contributed by atoms with van der Waals surface area (Å²) in [6, 6.07) is 0. The highest BCUT2D eigenvalue weighted by Gasteiger charge is 1.98. The average Bonchev–Trinajstić information content (AvgIpc) is 2.98. The van der Waals surface area contributed by atoms with Gasteiger partial charge in [-0.3, -0.25) is 4.79 Å². The summed E-state index contributed by atoms with van der Waals surface area (Å²) in [5, 5.41) is 23.9. The number of ether oxygens (including phenoxy) is 2. The van der Waals surface area contributed by atoms with Crippen LogP contribution in [0.1, 0.15) is 187 Å². The fourth-order valence-electron chi connectivity index (χ4n) is 4.93. The molecule has 0 bridgehead atoms. The van der Waals surface area contributed by atoms with Crippen molar-refractivity contribution in [2.24, 2.45) is 0 Å². The van der Waals surface area contributed by atoms with Gasteiger partial charge >= 0.3 is 5.97 Å². The Morgan fingerprint density at radius 1 is 0.452 bits per heavy atom. The minimum Gasteiger partial charge on any atom is -0.481 e. The van der Waals surface area contributed by atoms with E-state index in [0.717, 1.165) is 26.1 Å². The number of hydrogen-bond donors (Lipinski definition) is 3. The number of unbranched alkanes of at least 4 members (excludes halogenated alkanes) is 25. The molecule has 0 radical (unpaired) electrons. The van der Waals surface area contributed by atoms with Crippen LogP contribution in [0.15, 0.2) is 0 Å². The number of carboxylic acids is 1. The van der Waals surface area contributed by atoms with Crippen LogP contribution in [0.5, 0.6) is 0 Å². The van der Waals surface area contributed by atoms with Crippen LogP contribution < -0.4 is 0 Å². The summed E-state index contributed by atoms with van der Waals surface area (Å²) in [6.07, 6.45) is 36.7. The van der Waals surface area contributed by atoms with Gasteiger partial charge in [-0.1, -0.05) is 161 Å². The Hall–Kier alpha value is -0.690. The second-order valence-electron chi connectivity index (χ2n) is 11.8. The quantitative estimate of drug-likeness (QED) is 0.0661. The van der Waals surface area contributed by atoms with Gasteiger partial charge in [0.2, 0.25) is 0 Å². The zero-order chi connectivity index (χ0) is 31.6. The lowest BCUT2D eigenvalue weighted by molar-refractivity contribution is -0.137. The topological polar surface area (TPSA) is 96.2 Å². The molecule has 0 aromatic carbocycles. The summed E-state index contributed by atoms with van der Waals surface area (Å²) in [7, 11) is 3.25. The van der Waals surface area contributed by atoms with Gasteiger partial charge in [0.25, 0.3) is 0 Å². The van der Waals surface area contributed by atoms with Gasteiger partial charge in [0, 0.05) is 33.9 Å². The fourth-order valence-corrected chi connectivity index (χ4v) is 4.93. The summed E-state index contributed by atoms with van der Waals surface area (Å²) in [4.78, 5) is 10.5. The molecule has 0 heterocycles. The van der Waals surface area contributed by atoms with Crippen molar-refractivity contribution in [3.05, 3.63) is 0 Å². The van der Waals surface area contributed by atoms with Gasteiger partial charge < -0.3 is 24.8 Å². The highest BCUT2D eigenvalue weighted by molar-refractivity contribution is 5.66. The van der Waals surface area contributed by atoms with Crippen molar-refractivity contribution in [2.75, 3.05) is 40.6 Å². The van der Waals surface area contributed by atoms with E-state index < -0.39 is 5.97 Å². The maximum Gasteiger partial charge on any atom is 0.303 e. The zero-order valence-corrected chi connectivity index (χ0v) is 28.7. The van der Waals surface area contributed by atoms with E-state index in [0.29, 0.717) is 6.42 Å². The number of carboxylic acid groups (broad SMARTS) is 1. The normalized spacial score (nSPS) is 10.6. The lowest BCUT2D eigenvalue weighted by Gasteiger charge is -2.05. The fraction of sp³-hybridized carbons (Fsp3) is 0.972. The number of aliphatic hydroxyl groups is 2. The molecular formula is C36H76O6. The molecule has 0 aromatic rings. The maximum absolute atomic E-state index is 10.5.